The molecule has 0 aliphatic carbocycles. The maximum Gasteiger partial charge on any atom is 0.223 e. The van der Waals surface area contributed by atoms with Crippen LogP contribution >= 0.6 is 11.6 Å². The molecule has 0 aliphatic heterocycles. The van der Waals surface area contributed by atoms with E-state index in [-0.39, 0.29) is 5.71 Å². The van der Waals surface area contributed by atoms with Crippen LogP contribution in [-0.4, -0.2) is 11.5 Å². The number of halogens is 1. The number of nitriles is 1. The van der Waals surface area contributed by atoms with Gasteiger partial charge in [0.15, 0.2) is 0 Å². The summed E-state index contributed by atoms with van der Waals surface area (Å²) in [6.45, 7) is 0. The van der Waals surface area contributed by atoms with Gasteiger partial charge in [0.05, 0.1) is 5.69 Å². The molecule has 98 valence electrons. The number of rotatable bonds is 4. The molecular weight excluding hydrogens is 274 g/mol. The minimum Gasteiger partial charge on any atom is -0.286 e. The van der Waals surface area contributed by atoms with Crippen molar-refractivity contribution in [2.75, 3.05) is 5.43 Å². The van der Waals surface area contributed by atoms with Crippen LogP contribution in [0, 0.1) is 11.3 Å². The van der Waals surface area contributed by atoms with Crippen LogP contribution in [0.5, 0.6) is 0 Å². The number of nitrogens with one attached hydrogen (secondary N) is 1. The fraction of sp³-hybridized carbons (Fsp3) is 0. The number of carbonyl (C=O) groups excluding carboxylic acids is 1. The zero-order chi connectivity index (χ0) is 14.4. The Morgan fingerprint density at radius 1 is 1.10 bits per heavy atom. The van der Waals surface area contributed by atoms with Crippen LogP contribution in [0.3, 0.4) is 0 Å². The van der Waals surface area contributed by atoms with Gasteiger partial charge in [-0.1, -0.05) is 41.9 Å². The molecule has 2 rings (SSSR count). The molecule has 0 amide bonds. The quantitative estimate of drug-likeness (QED) is 0.530. The molecule has 0 saturated carbocycles. The minimum atomic E-state index is -0.422. The van der Waals surface area contributed by atoms with Crippen molar-refractivity contribution in [3.63, 3.8) is 0 Å². The largest absolute Gasteiger partial charge is 0.286 e. The summed E-state index contributed by atoms with van der Waals surface area (Å²) in [4.78, 5) is 12.0. The first kappa shape index (κ1) is 13.8. The van der Waals surface area contributed by atoms with Crippen LogP contribution in [-0.2, 0) is 0 Å². The Labute approximate surface area is 121 Å². The fourth-order valence-electron chi connectivity index (χ4n) is 1.50. The van der Waals surface area contributed by atoms with Crippen LogP contribution in [0.2, 0.25) is 5.02 Å². The highest BCUT2D eigenvalue weighted by molar-refractivity contribution is 6.51. The summed E-state index contributed by atoms with van der Waals surface area (Å²) < 4.78 is 0. The second-order valence-corrected chi connectivity index (χ2v) is 4.32. The van der Waals surface area contributed by atoms with Gasteiger partial charge < -0.3 is 0 Å². The summed E-state index contributed by atoms with van der Waals surface area (Å²) in [5, 5.41) is 13.4. The summed E-state index contributed by atoms with van der Waals surface area (Å²) in [7, 11) is 0. The van der Waals surface area contributed by atoms with Crippen LogP contribution in [0.25, 0.3) is 0 Å². The van der Waals surface area contributed by atoms with Crippen LogP contribution in [0.1, 0.15) is 10.4 Å². The van der Waals surface area contributed by atoms with E-state index in [1.165, 1.54) is 0 Å². The van der Waals surface area contributed by atoms with Gasteiger partial charge in [-0.3, -0.25) is 10.2 Å². The number of hydrazone groups is 1. The maximum absolute atomic E-state index is 12.0. The lowest BCUT2D eigenvalue weighted by atomic mass is 10.1. The molecule has 0 aromatic heterocycles. The van der Waals surface area contributed by atoms with E-state index >= 15 is 0 Å². The average molecular weight is 284 g/mol. The van der Waals surface area contributed by atoms with Gasteiger partial charge in [-0.2, -0.15) is 10.4 Å². The molecule has 0 unspecified atom stereocenters. The van der Waals surface area contributed by atoms with E-state index in [9.17, 15) is 4.79 Å². The summed E-state index contributed by atoms with van der Waals surface area (Å²) in [5.41, 5.74) is 3.52. The third-order valence-corrected chi connectivity index (χ3v) is 2.75. The molecule has 5 heteroatoms. The lowest BCUT2D eigenvalue weighted by molar-refractivity contribution is 0.106. The Morgan fingerprint density at radius 3 is 2.35 bits per heavy atom. The molecule has 0 bridgehead atoms. The lowest BCUT2D eigenvalue weighted by Crippen LogP contribution is -2.14. The molecule has 2 aromatic carbocycles. The molecule has 0 heterocycles. The predicted molar refractivity (Wildman–Crippen MR) is 78.9 cm³/mol. The highest BCUT2D eigenvalue weighted by Crippen LogP contribution is 2.13. The maximum atomic E-state index is 12.0. The Morgan fingerprint density at radius 2 is 1.75 bits per heavy atom. The molecule has 0 atom stereocenters. The van der Waals surface area contributed by atoms with E-state index < -0.39 is 5.78 Å². The van der Waals surface area contributed by atoms with Crippen molar-refractivity contribution in [1.82, 2.24) is 0 Å². The third kappa shape index (κ3) is 3.44. The number of ketones is 1. The van der Waals surface area contributed by atoms with Gasteiger partial charge in [0.2, 0.25) is 11.5 Å². The summed E-state index contributed by atoms with van der Waals surface area (Å²) >= 11 is 5.76. The van der Waals surface area contributed by atoms with E-state index in [4.69, 9.17) is 16.9 Å². The van der Waals surface area contributed by atoms with Crippen molar-refractivity contribution in [3.05, 3.63) is 65.2 Å². The standard InChI is InChI=1S/C15H10ClN3O/c16-12-6-8-13(9-7-12)18-19-14(10-17)15(20)11-4-2-1-3-5-11/h1-9,18H/b19-14-. The lowest BCUT2D eigenvalue weighted by Gasteiger charge is -2.01. The highest BCUT2D eigenvalue weighted by Gasteiger charge is 2.13. The Kier molecular flexibility index (Phi) is 4.48. The monoisotopic (exact) mass is 283 g/mol. The summed E-state index contributed by atoms with van der Waals surface area (Å²) in [6.07, 6.45) is 0. The number of Topliss-reactive ketones (excluding diaryl/α,β-unsaturated/α-hetero) is 1. The Bertz CT molecular complexity index is 673. The first-order valence-electron chi connectivity index (χ1n) is 5.80. The van der Waals surface area contributed by atoms with Crippen molar-refractivity contribution in [2.45, 2.75) is 0 Å². The molecule has 0 aliphatic rings. The minimum absolute atomic E-state index is 0.203. The third-order valence-electron chi connectivity index (χ3n) is 2.50. The molecule has 1 N–H and O–H groups in total. The average Bonchev–Trinajstić information content (AvgIpc) is 2.50. The van der Waals surface area contributed by atoms with E-state index in [0.29, 0.717) is 16.3 Å². The first-order valence-corrected chi connectivity index (χ1v) is 6.17. The van der Waals surface area contributed by atoms with Crippen molar-refractivity contribution in [1.29, 1.82) is 5.26 Å². The Hall–Kier alpha value is -2.64. The molecule has 4 nitrogen and oxygen atoms in total. The molecule has 20 heavy (non-hydrogen) atoms. The van der Waals surface area contributed by atoms with Gasteiger partial charge >= 0.3 is 0 Å². The van der Waals surface area contributed by atoms with Crippen molar-refractivity contribution in [2.24, 2.45) is 5.10 Å². The molecule has 0 saturated heterocycles. The SMILES string of the molecule is N#C/C(=N/Nc1ccc(Cl)cc1)C(=O)c1ccccc1. The number of hydrogen-bond donors (Lipinski definition) is 1. The number of nitrogens with zero attached hydrogens (tertiary/aromatic N) is 2. The topological polar surface area (TPSA) is 65.2 Å². The Balaban J connectivity index is 2.16. The van der Waals surface area contributed by atoms with Crippen LogP contribution in [0.4, 0.5) is 5.69 Å². The van der Waals surface area contributed by atoms with Crippen LogP contribution < -0.4 is 5.43 Å². The number of benzene rings is 2. The predicted octanol–water partition coefficient (Wildman–Crippen LogP) is 3.51. The van der Waals surface area contributed by atoms with E-state index in [1.807, 2.05) is 0 Å². The second kappa shape index (κ2) is 6.50. The van der Waals surface area contributed by atoms with Gasteiger partial charge in [-0.15, -0.1) is 0 Å². The van der Waals surface area contributed by atoms with Gasteiger partial charge in [0.1, 0.15) is 6.07 Å². The molecule has 0 fully saturated rings. The second-order valence-electron chi connectivity index (χ2n) is 3.89. The summed E-state index contributed by atoms with van der Waals surface area (Å²) in [6, 6.07) is 17.1. The normalized spacial score (nSPS) is 10.7. The van der Waals surface area contributed by atoms with Crippen LogP contribution in [0.15, 0.2) is 59.7 Å². The number of hydrogen-bond acceptors (Lipinski definition) is 4. The number of anilines is 1. The van der Waals surface area contributed by atoms with Crippen molar-refractivity contribution < 1.29 is 4.79 Å². The smallest absolute Gasteiger partial charge is 0.223 e. The fourth-order valence-corrected chi connectivity index (χ4v) is 1.62. The van der Waals surface area contributed by atoms with Gasteiger partial charge in [-0.05, 0) is 24.3 Å². The van der Waals surface area contributed by atoms with E-state index in [1.54, 1.807) is 60.7 Å². The number of carbonyl (C=O) groups is 1. The van der Waals surface area contributed by atoms with Gasteiger partial charge in [0, 0.05) is 10.6 Å². The van der Waals surface area contributed by atoms with Crippen molar-refractivity contribution in [3.8, 4) is 6.07 Å². The van der Waals surface area contributed by atoms with Gasteiger partial charge in [-0.25, -0.2) is 0 Å². The molecule has 0 radical (unpaired) electrons. The zero-order valence-corrected chi connectivity index (χ0v) is 11.1. The molecular formula is C15H10ClN3O. The molecule has 0 spiro atoms. The highest BCUT2D eigenvalue weighted by atomic mass is 35.5. The zero-order valence-electron chi connectivity index (χ0n) is 10.4. The van der Waals surface area contributed by atoms with E-state index in [2.05, 4.69) is 10.5 Å². The van der Waals surface area contributed by atoms with E-state index in [0.717, 1.165) is 0 Å². The first-order chi connectivity index (χ1) is 9.70. The van der Waals surface area contributed by atoms with Gasteiger partial charge in [0.25, 0.3) is 0 Å². The van der Waals surface area contributed by atoms with Crippen molar-refractivity contribution >= 4 is 28.8 Å². The summed E-state index contributed by atoms with van der Waals surface area (Å²) in [5.74, 6) is -0.422. The molecule has 2 aromatic rings.